The largest absolute Gasteiger partial charge is 0.444 e. The molecule has 0 bridgehead atoms. The molecule has 25 nitrogen and oxygen atoms in total. The Bertz CT molecular complexity index is 2870. The number of alkyl carbamates (subject to hydrolysis) is 1. The average molecular weight is 1370 g/mol. The van der Waals surface area contributed by atoms with Gasteiger partial charge in [0.25, 0.3) is 0 Å². The van der Waals surface area contributed by atoms with Crippen molar-refractivity contribution >= 4 is 53.1 Å². The quantitative estimate of drug-likeness (QED) is 0.0104. The lowest BCUT2D eigenvalue weighted by molar-refractivity contribution is -0.136. The highest BCUT2D eigenvalue weighted by Gasteiger charge is 2.40. The van der Waals surface area contributed by atoms with Gasteiger partial charge < -0.3 is 73.2 Å². The van der Waals surface area contributed by atoms with E-state index in [1.807, 2.05) is 105 Å². The normalized spacial score (nSPS) is 12.6. The Morgan fingerprint density at radius 3 is 1.46 bits per heavy atom. The molecular weight excluding hydrogens is 1260 g/mol. The lowest BCUT2D eigenvalue weighted by atomic mass is 9.80. The van der Waals surface area contributed by atoms with Gasteiger partial charge in [-0.2, -0.15) is 0 Å². The predicted molar refractivity (Wildman–Crippen MR) is 368 cm³/mol. The van der Waals surface area contributed by atoms with E-state index in [0.717, 1.165) is 21.6 Å². The van der Waals surface area contributed by atoms with Crippen molar-refractivity contribution in [2.45, 2.75) is 123 Å². The lowest BCUT2D eigenvalue weighted by Gasteiger charge is -2.37. The van der Waals surface area contributed by atoms with Crippen molar-refractivity contribution in [1.29, 1.82) is 5.41 Å². The van der Waals surface area contributed by atoms with E-state index in [-0.39, 0.29) is 71.2 Å². The van der Waals surface area contributed by atoms with Gasteiger partial charge in [-0.25, -0.2) is 14.5 Å². The van der Waals surface area contributed by atoms with Gasteiger partial charge in [0, 0.05) is 44.5 Å². The van der Waals surface area contributed by atoms with Crippen LogP contribution < -0.4 is 21.3 Å². The Kier molecular flexibility index (Phi) is 38.8. The number of benzene rings is 4. The zero-order valence-electron chi connectivity index (χ0n) is 58.7. The van der Waals surface area contributed by atoms with Crippen molar-refractivity contribution in [3.05, 3.63) is 138 Å². The maximum absolute atomic E-state index is 14.9. The number of carbonyl (C=O) groups excluding carboxylic acids is 7. The summed E-state index contributed by atoms with van der Waals surface area (Å²) in [6.07, 6.45) is -2.61. The molecule has 5 amide bonds. The number of aliphatic hydroxyl groups excluding tert-OH is 1. The molecule has 0 heterocycles. The summed E-state index contributed by atoms with van der Waals surface area (Å²) in [5, 5.41) is 29.1. The number of amides is 5. The molecule has 0 aliphatic carbocycles. The molecule has 0 unspecified atom stereocenters. The Morgan fingerprint density at radius 1 is 0.561 bits per heavy atom. The van der Waals surface area contributed by atoms with E-state index < -0.39 is 102 Å². The van der Waals surface area contributed by atoms with Gasteiger partial charge in [0.15, 0.2) is 11.6 Å². The van der Waals surface area contributed by atoms with E-state index in [1.54, 1.807) is 72.9 Å². The third-order valence-electron chi connectivity index (χ3n) is 14.6. The number of carbonyl (C=O) groups is 7. The number of hydrogen-bond acceptors (Lipinski definition) is 20. The summed E-state index contributed by atoms with van der Waals surface area (Å²) < 4.78 is 61.7. The van der Waals surface area contributed by atoms with Crippen LogP contribution >= 0.6 is 0 Å². The second kappa shape index (κ2) is 45.9. The molecule has 0 saturated carbocycles. The third kappa shape index (κ3) is 33.3. The van der Waals surface area contributed by atoms with Gasteiger partial charge in [0.05, 0.1) is 131 Å². The molecule has 0 aliphatic rings. The molecule has 0 aliphatic heterocycles. The summed E-state index contributed by atoms with van der Waals surface area (Å²) in [5.74, 6) is -5.76. The van der Waals surface area contributed by atoms with Crippen molar-refractivity contribution in [1.82, 2.24) is 20.9 Å². The van der Waals surface area contributed by atoms with Crippen LogP contribution in [0.25, 0.3) is 0 Å². The molecule has 542 valence electrons. The first kappa shape index (κ1) is 82.9. The molecule has 0 aromatic heterocycles. The number of methoxy groups -OCH3 is 1. The fourth-order valence-corrected chi connectivity index (χ4v) is 9.86. The number of Topliss-reactive ketones (excluding diaryl/α,β-unsaturated/α-hetero) is 2. The Balaban J connectivity index is 1.46. The first-order valence-corrected chi connectivity index (χ1v) is 33.5. The molecule has 25 heteroatoms. The van der Waals surface area contributed by atoms with Gasteiger partial charge in [-0.3, -0.25) is 34.7 Å². The van der Waals surface area contributed by atoms with Crippen LogP contribution in [0.5, 0.6) is 0 Å². The zero-order valence-corrected chi connectivity index (χ0v) is 58.7. The standard InChI is InChI=1S/C73H106N6O19/c1-54(2)48-63(77-65(83)31-33-89-36-37-91-40-41-93-44-45-95-47-46-94-43-42-92-39-38-90-35-34-88-9)64(82)50-57(53-96-73(58-21-13-10-14-22-58,59-23-15-11-16-24-59)60-25-17-12-18-26-60)66(84)75-51-62(81)49-56(67(85)76-61-29-27-55(52-80)28-30-61)20-19-32-79(70(87)98-72(6,7)8)68(74)78-69(86)97-71(3,4)5/h10-18,21-30,54,56-57,63,80H,19-20,31-53H2,1-9H3,(H,75,84)(H,76,85)(H,77,83)(H2,74,78,86)/t56-,57+,63+/m1/s1. The maximum atomic E-state index is 14.9. The molecule has 98 heavy (non-hydrogen) atoms. The highest BCUT2D eigenvalue weighted by Crippen LogP contribution is 2.41. The van der Waals surface area contributed by atoms with Crippen molar-refractivity contribution in [3.63, 3.8) is 0 Å². The minimum absolute atomic E-state index is 0.0157. The topological polar surface area (TPSA) is 316 Å². The summed E-state index contributed by atoms with van der Waals surface area (Å²) >= 11 is 0. The number of aliphatic hydroxyl groups is 1. The van der Waals surface area contributed by atoms with Gasteiger partial charge in [-0.1, -0.05) is 117 Å². The number of rotatable bonds is 48. The summed E-state index contributed by atoms with van der Waals surface area (Å²) in [4.78, 5) is 98.9. The molecule has 0 fully saturated rings. The number of ether oxygens (including phenoxy) is 11. The number of guanidine groups is 1. The van der Waals surface area contributed by atoms with Crippen LogP contribution in [-0.4, -0.2) is 201 Å². The van der Waals surface area contributed by atoms with Crippen LogP contribution in [0.2, 0.25) is 0 Å². The summed E-state index contributed by atoms with van der Waals surface area (Å²) in [5.41, 5.74) is -0.0758. The number of nitrogens with zero attached hydrogens (tertiary/aromatic N) is 1. The Hall–Kier alpha value is -7.56. The van der Waals surface area contributed by atoms with Crippen molar-refractivity contribution < 1.29 is 90.8 Å². The number of anilines is 1. The molecule has 3 atom stereocenters. The molecule has 6 N–H and O–H groups in total. The van der Waals surface area contributed by atoms with E-state index >= 15 is 0 Å². The number of nitrogens with one attached hydrogen (secondary N) is 5. The van der Waals surface area contributed by atoms with Crippen molar-refractivity contribution in [3.8, 4) is 0 Å². The second-order valence-electron chi connectivity index (χ2n) is 25.5. The summed E-state index contributed by atoms with van der Waals surface area (Å²) in [7, 11) is 1.62. The maximum Gasteiger partial charge on any atom is 0.417 e. The summed E-state index contributed by atoms with van der Waals surface area (Å²) in [6.45, 7) is 18.1. The van der Waals surface area contributed by atoms with Crippen LogP contribution in [0.3, 0.4) is 0 Å². The van der Waals surface area contributed by atoms with Gasteiger partial charge in [-0.15, -0.1) is 0 Å². The minimum Gasteiger partial charge on any atom is -0.444 e. The number of hydrogen-bond donors (Lipinski definition) is 6. The molecule has 0 spiro atoms. The SMILES string of the molecule is COCCOCCOCCOCCOCCOCCOCCOCCC(=O)N[C@@H](CC(C)C)C(=O)C[C@@H](COC(c1ccccc1)(c1ccccc1)c1ccccc1)C(=O)NCC(=O)C[C@@H](CCCN(C(=N)NC(=O)OC(C)(C)C)C(=O)OC(C)(C)C)C(=O)Nc1ccc(CO)cc1. The van der Waals surface area contributed by atoms with E-state index in [4.69, 9.17) is 57.5 Å². The van der Waals surface area contributed by atoms with Crippen LogP contribution in [0, 0.1) is 23.2 Å². The van der Waals surface area contributed by atoms with Gasteiger partial charge in [-0.05, 0) is 101 Å². The Labute approximate surface area is 577 Å². The molecule has 0 saturated heterocycles. The average Bonchev–Trinajstić information content (AvgIpc) is 0.758. The molecule has 0 radical (unpaired) electrons. The summed E-state index contributed by atoms with van der Waals surface area (Å²) in [6, 6.07) is 33.8. The Morgan fingerprint density at radius 2 is 1.02 bits per heavy atom. The fourth-order valence-electron chi connectivity index (χ4n) is 9.86. The lowest BCUT2D eigenvalue weighted by Crippen LogP contribution is -2.49. The van der Waals surface area contributed by atoms with E-state index in [0.29, 0.717) is 90.5 Å². The van der Waals surface area contributed by atoms with Gasteiger partial charge in [0.2, 0.25) is 23.7 Å². The first-order chi connectivity index (χ1) is 46.9. The van der Waals surface area contributed by atoms with Crippen LogP contribution in [0.1, 0.15) is 116 Å². The van der Waals surface area contributed by atoms with Gasteiger partial charge in [0.1, 0.15) is 16.8 Å². The molecule has 4 aromatic rings. The second-order valence-corrected chi connectivity index (χ2v) is 25.5. The van der Waals surface area contributed by atoms with Crippen LogP contribution in [-0.2, 0) is 88.3 Å². The van der Waals surface area contributed by atoms with Crippen molar-refractivity contribution in [2.24, 2.45) is 17.8 Å². The van der Waals surface area contributed by atoms with Crippen molar-refractivity contribution in [2.75, 3.05) is 131 Å². The zero-order chi connectivity index (χ0) is 71.6. The molecule has 4 aromatic carbocycles. The monoisotopic (exact) mass is 1370 g/mol. The van der Waals surface area contributed by atoms with Crippen LogP contribution in [0.15, 0.2) is 115 Å². The highest BCUT2D eigenvalue weighted by atomic mass is 16.6. The van der Waals surface area contributed by atoms with E-state index in [9.17, 15) is 38.7 Å². The smallest absolute Gasteiger partial charge is 0.417 e. The molecular formula is C73H106N6O19. The third-order valence-corrected chi connectivity index (χ3v) is 14.6. The fraction of sp³-hybridized carbons (Fsp3) is 0.562. The van der Waals surface area contributed by atoms with Crippen LogP contribution in [0.4, 0.5) is 15.3 Å². The molecule has 4 rings (SSSR count). The van der Waals surface area contributed by atoms with Gasteiger partial charge >= 0.3 is 12.2 Å². The first-order valence-electron chi connectivity index (χ1n) is 33.5. The highest BCUT2D eigenvalue weighted by molar-refractivity contribution is 6.00. The minimum atomic E-state index is -1.32. The van der Waals surface area contributed by atoms with E-state index in [1.165, 1.54) is 0 Å². The number of ketones is 2. The predicted octanol–water partition coefficient (Wildman–Crippen LogP) is 8.55. The van der Waals surface area contributed by atoms with E-state index in [2.05, 4.69) is 21.3 Å².